The van der Waals surface area contributed by atoms with Gasteiger partial charge in [0, 0.05) is 36.0 Å². The molecular formula is C30H37F3N4O5. The van der Waals surface area contributed by atoms with E-state index in [1.165, 1.54) is 25.9 Å². The molecule has 2 aromatic carbocycles. The topological polar surface area (TPSA) is 104 Å². The van der Waals surface area contributed by atoms with Gasteiger partial charge in [0.2, 0.25) is 5.91 Å². The molecule has 2 fully saturated rings. The second-order valence-electron chi connectivity index (χ2n) is 10.7. The average Bonchev–Trinajstić information content (AvgIpc) is 3.60. The highest BCUT2D eigenvalue weighted by Crippen LogP contribution is 2.39. The smallest absolute Gasteiger partial charge is 0.490 e. The normalized spacial score (nSPS) is 17.5. The molecular weight excluding hydrogens is 553 g/mol. The molecule has 42 heavy (non-hydrogen) atoms. The molecule has 0 bridgehead atoms. The molecule has 2 saturated heterocycles. The molecule has 9 nitrogen and oxygen atoms in total. The third-order valence-corrected chi connectivity index (χ3v) is 7.46. The number of likely N-dealkylation sites (tertiary alicyclic amines) is 2. The zero-order chi connectivity index (χ0) is 30.4. The number of benzene rings is 2. The van der Waals surface area contributed by atoms with E-state index in [-0.39, 0.29) is 18.0 Å². The number of carboxylic acid groups (broad SMARTS) is 1. The number of carbonyl (C=O) groups is 2. The van der Waals surface area contributed by atoms with Gasteiger partial charge in [-0.15, -0.1) is 0 Å². The van der Waals surface area contributed by atoms with Crippen molar-refractivity contribution in [1.82, 2.24) is 14.8 Å². The number of halogens is 3. The lowest BCUT2D eigenvalue weighted by Crippen LogP contribution is -2.37. The van der Waals surface area contributed by atoms with Gasteiger partial charge < -0.3 is 29.7 Å². The number of fused-ring (bicyclic) bond motifs is 2. The maximum Gasteiger partial charge on any atom is 0.490 e. The number of aliphatic carboxylic acids is 1. The zero-order valence-electron chi connectivity index (χ0n) is 24.0. The van der Waals surface area contributed by atoms with Gasteiger partial charge in [-0.1, -0.05) is 18.2 Å². The van der Waals surface area contributed by atoms with Crippen LogP contribution in [0.1, 0.15) is 39.5 Å². The molecule has 1 aromatic heterocycles. The van der Waals surface area contributed by atoms with E-state index in [1.807, 2.05) is 35.2 Å². The van der Waals surface area contributed by atoms with Gasteiger partial charge in [0.15, 0.2) is 11.5 Å². The number of rotatable bonds is 9. The number of amides is 1. The number of nitrogens with zero attached hydrogens (tertiary/aromatic N) is 3. The van der Waals surface area contributed by atoms with Crippen LogP contribution in [0.15, 0.2) is 36.4 Å². The monoisotopic (exact) mass is 590 g/mol. The van der Waals surface area contributed by atoms with Crippen molar-refractivity contribution in [3.05, 3.63) is 36.4 Å². The fourth-order valence-electron chi connectivity index (χ4n) is 5.33. The van der Waals surface area contributed by atoms with Gasteiger partial charge in [0.1, 0.15) is 6.04 Å². The predicted molar refractivity (Wildman–Crippen MR) is 154 cm³/mol. The van der Waals surface area contributed by atoms with Crippen LogP contribution in [-0.4, -0.2) is 89.9 Å². The number of para-hydroxylation sites is 1. The van der Waals surface area contributed by atoms with Crippen molar-refractivity contribution in [2.75, 3.05) is 45.2 Å². The number of hydrogen-bond donors (Lipinski definition) is 2. The van der Waals surface area contributed by atoms with Crippen molar-refractivity contribution in [3.8, 4) is 11.5 Å². The third kappa shape index (κ3) is 7.33. The summed E-state index contributed by atoms with van der Waals surface area (Å²) in [5, 5.41) is 12.6. The predicted octanol–water partition coefficient (Wildman–Crippen LogP) is 5.32. The highest BCUT2D eigenvalue weighted by molar-refractivity contribution is 6.09. The fraction of sp³-hybridized carbons (Fsp3) is 0.500. The molecule has 1 atom stereocenters. The summed E-state index contributed by atoms with van der Waals surface area (Å²) in [6.07, 6.45) is -0.714. The first kappa shape index (κ1) is 31.1. The van der Waals surface area contributed by atoms with Crippen LogP contribution in [0.3, 0.4) is 0 Å². The van der Waals surface area contributed by atoms with E-state index >= 15 is 0 Å². The summed E-state index contributed by atoms with van der Waals surface area (Å²) in [6, 6.07) is 12.0. The first-order valence-electron chi connectivity index (χ1n) is 14.1. The van der Waals surface area contributed by atoms with E-state index in [0.29, 0.717) is 18.1 Å². The number of hydrogen-bond acceptors (Lipinski definition) is 7. The number of carboxylic acids is 1. The summed E-state index contributed by atoms with van der Waals surface area (Å²) < 4.78 is 43.6. The minimum atomic E-state index is -5.08. The quantitative estimate of drug-likeness (QED) is 0.255. The van der Waals surface area contributed by atoms with Crippen molar-refractivity contribution >= 4 is 39.4 Å². The Balaban J connectivity index is 0.000000517. The van der Waals surface area contributed by atoms with E-state index in [4.69, 9.17) is 24.4 Å². The van der Waals surface area contributed by atoms with Gasteiger partial charge in [-0.05, 0) is 64.8 Å². The Labute approximate surface area is 242 Å². The van der Waals surface area contributed by atoms with E-state index < -0.39 is 12.1 Å². The van der Waals surface area contributed by atoms with Gasteiger partial charge in [0.25, 0.3) is 0 Å². The van der Waals surface area contributed by atoms with Gasteiger partial charge in [-0.2, -0.15) is 13.2 Å². The van der Waals surface area contributed by atoms with Crippen LogP contribution >= 0.6 is 0 Å². The van der Waals surface area contributed by atoms with Gasteiger partial charge >= 0.3 is 12.1 Å². The highest BCUT2D eigenvalue weighted by atomic mass is 19.4. The molecule has 0 spiro atoms. The highest BCUT2D eigenvalue weighted by Gasteiger charge is 2.38. The third-order valence-electron chi connectivity index (χ3n) is 7.46. The fourth-order valence-corrected chi connectivity index (χ4v) is 5.33. The molecule has 3 aromatic rings. The van der Waals surface area contributed by atoms with Crippen LogP contribution in [-0.2, 0) is 9.59 Å². The zero-order valence-corrected chi connectivity index (χ0v) is 24.0. The Morgan fingerprint density at radius 2 is 1.79 bits per heavy atom. The first-order valence-corrected chi connectivity index (χ1v) is 14.1. The number of aromatic nitrogens is 1. The van der Waals surface area contributed by atoms with Crippen LogP contribution < -0.4 is 14.8 Å². The van der Waals surface area contributed by atoms with Crippen molar-refractivity contribution in [1.29, 1.82) is 0 Å². The summed E-state index contributed by atoms with van der Waals surface area (Å²) in [7, 11) is 1.67. The molecule has 2 aliphatic rings. The minimum Gasteiger partial charge on any atom is -0.493 e. The summed E-state index contributed by atoms with van der Waals surface area (Å²) in [4.78, 5) is 31.3. The standard InChI is InChI=1S/C28H36N4O3.C2HF3O2/c1-19(2)32-15-11-23(28(32)33)30-27-20-9-4-5-10-22(20)29-24-18-26(25(34-3)17-21(24)27)35-16-8-14-31-12-6-7-13-31;3-2(4,5)1(6)7/h4-5,9-10,17-19,23H,6-8,11-16H2,1-3H3,(H,29,30);(H,6,7). The Morgan fingerprint density at radius 1 is 1.10 bits per heavy atom. The summed E-state index contributed by atoms with van der Waals surface area (Å²) in [5.41, 5.74) is 2.64. The van der Waals surface area contributed by atoms with Crippen LogP contribution in [0.2, 0.25) is 0 Å². The molecule has 0 saturated carbocycles. The van der Waals surface area contributed by atoms with E-state index in [0.717, 1.165) is 53.4 Å². The maximum atomic E-state index is 13.0. The van der Waals surface area contributed by atoms with Crippen LogP contribution in [0.5, 0.6) is 11.5 Å². The average molecular weight is 591 g/mol. The number of methoxy groups -OCH3 is 1. The second-order valence-corrected chi connectivity index (χ2v) is 10.7. The SMILES string of the molecule is COc1cc2c(NC3CCN(C(C)C)C3=O)c3ccccc3nc2cc1OCCCN1CCCC1.O=C(O)C(F)(F)F. The summed E-state index contributed by atoms with van der Waals surface area (Å²) in [6.45, 7) is 9.00. The van der Waals surface area contributed by atoms with Crippen molar-refractivity contribution in [3.63, 3.8) is 0 Å². The number of carbonyl (C=O) groups excluding carboxylic acids is 1. The molecule has 228 valence electrons. The van der Waals surface area contributed by atoms with Crippen molar-refractivity contribution in [2.24, 2.45) is 0 Å². The summed E-state index contributed by atoms with van der Waals surface area (Å²) >= 11 is 0. The second kappa shape index (κ2) is 13.5. The van der Waals surface area contributed by atoms with Crippen molar-refractivity contribution < 1.29 is 37.3 Å². The lowest BCUT2D eigenvalue weighted by Gasteiger charge is -2.22. The van der Waals surface area contributed by atoms with E-state index in [9.17, 15) is 18.0 Å². The first-order chi connectivity index (χ1) is 20.0. The van der Waals surface area contributed by atoms with E-state index in [2.05, 4.69) is 30.1 Å². The molecule has 1 amide bonds. The number of nitrogens with one attached hydrogen (secondary N) is 1. The van der Waals surface area contributed by atoms with Gasteiger partial charge in [0.05, 0.1) is 30.4 Å². The molecule has 2 N–H and O–H groups in total. The minimum absolute atomic E-state index is 0.152. The Morgan fingerprint density at radius 3 is 2.40 bits per heavy atom. The van der Waals surface area contributed by atoms with Crippen molar-refractivity contribution in [2.45, 2.75) is 57.8 Å². The number of alkyl halides is 3. The Bertz CT molecular complexity index is 1410. The lowest BCUT2D eigenvalue weighted by atomic mass is 10.1. The van der Waals surface area contributed by atoms with Gasteiger partial charge in [-0.3, -0.25) is 4.79 Å². The number of anilines is 1. The molecule has 1 unspecified atom stereocenters. The maximum absolute atomic E-state index is 13.0. The molecule has 2 aliphatic heterocycles. The molecule has 0 aliphatic carbocycles. The largest absolute Gasteiger partial charge is 0.493 e. The Hall–Kier alpha value is -3.80. The molecule has 5 rings (SSSR count). The molecule has 3 heterocycles. The van der Waals surface area contributed by atoms with Crippen LogP contribution in [0.4, 0.5) is 18.9 Å². The Kier molecular flexibility index (Phi) is 9.97. The van der Waals surface area contributed by atoms with Crippen LogP contribution in [0, 0.1) is 0 Å². The lowest BCUT2D eigenvalue weighted by molar-refractivity contribution is -0.192. The number of pyridine rings is 1. The summed E-state index contributed by atoms with van der Waals surface area (Å²) in [5.74, 6) is -1.22. The van der Waals surface area contributed by atoms with E-state index in [1.54, 1.807) is 7.11 Å². The number of ether oxygens (including phenoxy) is 2. The molecule has 0 radical (unpaired) electrons. The van der Waals surface area contributed by atoms with Gasteiger partial charge in [-0.25, -0.2) is 9.78 Å². The van der Waals surface area contributed by atoms with Crippen LogP contribution in [0.25, 0.3) is 21.8 Å². The molecule has 12 heteroatoms.